The summed E-state index contributed by atoms with van der Waals surface area (Å²) in [5.41, 5.74) is 1.23. The fourth-order valence-corrected chi connectivity index (χ4v) is 1.44. The second-order valence-electron chi connectivity index (χ2n) is 6.45. The Balaban J connectivity index is -0.000000538. The first-order valence-electron chi connectivity index (χ1n) is 8.90. The van der Waals surface area contributed by atoms with Gasteiger partial charge in [0.25, 0.3) is 0 Å². The van der Waals surface area contributed by atoms with Crippen LogP contribution in [-0.4, -0.2) is 53.1 Å². The number of ether oxygens (including phenoxy) is 2. The molecule has 0 fully saturated rings. The van der Waals surface area contributed by atoms with Crippen LogP contribution in [-0.2, 0) is 25.9 Å². The first-order valence-corrected chi connectivity index (χ1v) is 21.5. The normalized spacial score (nSPS) is 8.28. The number of halogens is 2. The molecule has 0 heterocycles. The Morgan fingerprint density at radius 1 is 0.906 bits per heavy atom. The molecule has 0 aliphatic heterocycles. The molecule has 0 radical (unpaired) electrons. The van der Waals surface area contributed by atoms with Gasteiger partial charge in [0.2, 0.25) is 0 Å². The van der Waals surface area contributed by atoms with Crippen molar-refractivity contribution in [2.75, 3.05) is 47.1 Å². The Labute approximate surface area is 212 Å². The van der Waals surface area contributed by atoms with Crippen LogP contribution < -0.4 is 4.74 Å². The summed E-state index contributed by atoms with van der Waals surface area (Å²) in [4.78, 5) is 11.7. The molecular weight excluding hydrogens is 657 g/mol. The van der Waals surface area contributed by atoms with E-state index in [4.69, 9.17) is 33.0 Å². The number of esters is 1. The predicted molar refractivity (Wildman–Crippen MR) is 137 cm³/mol. The van der Waals surface area contributed by atoms with Crippen LogP contribution in [0.3, 0.4) is 0 Å². The van der Waals surface area contributed by atoms with E-state index in [2.05, 4.69) is 58.7 Å². The molecular formula is C23H30Cl2O4P2W. The standard InChI is InChI=1S/C16H12O3.2C3H9P.CO.2ClH.W/c1-18-15-9-7-14(8-10-15)16(17)19-12-11-13-5-3-2-4-6-13;2*1-4(2)3;1-2;;;/h2-10H,1H3;2*1-3H3;;2*1H;/q;;;;;;+2/p-2. The Hall–Kier alpha value is -0.862. The molecule has 0 unspecified atom stereocenters. The van der Waals surface area contributed by atoms with Gasteiger partial charge in [-0.25, -0.2) is 4.79 Å². The van der Waals surface area contributed by atoms with Gasteiger partial charge in [-0.1, -0.05) is 18.2 Å². The minimum absolute atomic E-state index is 0.380. The average Bonchev–Trinajstić information content (AvgIpc) is 2.76. The van der Waals surface area contributed by atoms with Crippen LogP contribution in [0.15, 0.2) is 54.6 Å². The molecule has 0 aliphatic rings. The van der Waals surface area contributed by atoms with Crippen molar-refractivity contribution in [2.45, 2.75) is 0 Å². The Morgan fingerprint density at radius 3 is 1.69 bits per heavy atom. The molecule has 4 nitrogen and oxygen atoms in total. The molecule has 0 aliphatic carbocycles. The van der Waals surface area contributed by atoms with E-state index in [0.717, 1.165) is 5.56 Å². The number of hydrogen-bond donors (Lipinski definition) is 0. The van der Waals surface area contributed by atoms with Crippen molar-refractivity contribution < 1.29 is 35.4 Å². The molecule has 0 amide bonds. The summed E-state index contributed by atoms with van der Waals surface area (Å²) in [5, 5.41) is 0. The van der Waals surface area contributed by atoms with Crippen molar-refractivity contribution in [3.8, 4) is 17.8 Å². The SMILES string of the molecule is COc1ccc(C(=O)OC#Cc2ccccc2)cc1.CP(C)C.CP(C)C.[C-]#[O+].[Cl][W][Cl]. The van der Waals surface area contributed by atoms with E-state index in [1.54, 1.807) is 31.4 Å². The number of methoxy groups -OCH3 is 1. The van der Waals surface area contributed by atoms with Gasteiger partial charge in [0, 0.05) is 5.56 Å². The van der Waals surface area contributed by atoms with Crippen LogP contribution >= 0.6 is 34.7 Å². The number of hydrogen-bond acceptors (Lipinski definition) is 3. The summed E-state index contributed by atoms with van der Waals surface area (Å²) in [6.07, 6.45) is 2.40. The molecule has 0 bridgehead atoms. The second-order valence-corrected chi connectivity index (χ2v) is 16.1. The summed E-state index contributed by atoms with van der Waals surface area (Å²) >= 11 is -0.806. The molecule has 0 spiro atoms. The van der Waals surface area contributed by atoms with Crippen molar-refractivity contribution in [1.29, 1.82) is 0 Å². The Bertz CT molecular complexity index is 764. The van der Waals surface area contributed by atoms with Gasteiger partial charge in [0.15, 0.2) is 0 Å². The van der Waals surface area contributed by atoms with Crippen LogP contribution in [0.25, 0.3) is 0 Å². The van der Waals surface area contributed by atoms with Gasteiger partial charge < -0.3 is 9.47 Å². The third kappa shape index (κ3) is 27.2. The minimum atomic E-state index is -0.806. The van der Waals surface area contributed by atoms with Crippen molar-refractivity contribution in [2.24, 2.45) is 0 Å². The summed E-state index contributed by atoms with van der Waals surface area (Å²) in [6, 6.07) is 16.0. The number of benzene rings is 2. The van der Waals surface area contributed by atoms with Gasteiger partial charge >= 0.3 is 52.6 Å². The maximum atomic E-state index is 11.7. The molecule has 2 rings (SSSR count). The quantitative estimate of drug-likeness (QED) is 0.113. The monoisotopic (exact) mass is 686 g/mol. The molecule has 0 atom stereocenters. The van der Waals surface area contributed by atoms with Crippen LogP contribution in [0.1, 0.15) is 15.9 Å². The van der Waals surface area contributed by atoms with Crippen LogP contribution in [0.4, 0.5) is 0 Å². The summed E-state index contributed by atoms with van der Waals surface area (Å²) in [6.45, 7) is 17.9. The van der Waals surface area contributed by atoms with Crippen LogP contribution in [0, 0.1) is 18.7 Å². The van der Waals surface area contributed by atoms with Gasteiger partial charge in [-0.05, 0) is 82.3 Å². The maximum absolute atomic E-state index is 11.7. The van der Waals surface area contributed by atoms with E-state index in [0.29, 0.717) is 27.2 Å². The predicted octanol–water partition coefficient (Wildman–Crippen LogP) is 6.92. The fourth-order valence-electron chi connectivity index (χ4n) is 1.44. The summed E-state index contributed by atoms with van der Waals surface area (Å²) in [7, 11) is 12.2. The third-order valence-corrected chi connectivity index (χ3v) is 2.44. The third-order valence-electron chi connectivity index (χ3n) is 2.44. The van der Waals surface area contributed by atoms with Crippen molar-refractivity contribution in [1.82, 2.24) is 0 Å². The van der Waals surface area contributed by atoms with Gasteiger partial charge in [-0.2, -0.15) is 0 Å². The number of rotatable bonds is 2. The molecule has 0 saturated carbocycles. The van der Waals surface area contributed by atoms with Crippen molar-refractivity contribution in [3.05, 3.63) is 72.4 Å². The first kappa shape index (κ1) is 35.7. The van der Waals surface area contributed by atoms with E-state index >= 15 is 0 Å². The van der Waals surface area contributed by atoms with Crippen LogP contribution in [0.5, 0.6) is 5.75 Å². The molecule has 2 aromatic rings. The molecule has 0 saturated heterocycles. The summed E-state index contributed by atoms with van der Waals surface area (Å²) in [5.74, 6) is 2.96. The topological polar surface area (TPSA) is 55.4 Å². The molecule has 9 heteroatoms. The zero-order chi connectivity index (χ0) is 25.4. The van der Waals surface area contributed by atoms with E-state index in [1.165, 1.54) is 0 Å². The average molecular weight is 687 g/mol. The zero-order valence-corrected chi connectivity index (χ0v) is 25.6. The van der Waals surface area contributed by atoms with Gasteiger partial charge in [0.05, 0.1) is 12.7 Å². The fraction of sp³-hybridized carbons (Fsp3) is 0.304. The molecule has 2 aromatic carbocycles. The molecule has 0 N–H and O–H groups in total. The van der Waals surface area contributed by atoms with E-state index in [9.17, 15) is 4.79 Å². The molecule has 176 valence electrons. The molecule has 0 aromatic heterocycles. The first-order chi connectivity index (χ1) is 15.2. The van der Waals surface area contributed by atoms with Crippen molar-refractivity contribution in [3.63, 3.8) is 0 Å². The second kappa shape index (κ2) is 26.4. The van der Waals surface area contributed by atoms with Gasteiger partial charge in [0.1, 0.15) is 11.9 Å². The Kier molecular flexibility index (Phi) is 29.5. The Morgan fingerprint density at radius 2 is 1.31 bits per heavy atom. The van der Waals surface area contributed by atoms with Crippen molar-refractivity contribution >= 4 is 40.6 Å². The number of carbonyl (C=O) groups is 1. The summed E-state index contributed by atoms with van der Waals surface area (Å²) < 4.78 is 17.4. The number of carbonyl (C=O) groups excluding carboxylic acids is 1. The van der Waals surface area contributed by atoms with Gasteiger partial charge in [-0.3, -0.25) is 0 Å². The van der Waals surface area contributed by atoms with Crippen LogP contribution in [0.2, 0.25) is 0 Å². The van der Waals surface area contributed by atoms with E-state index < -0.39 is 22.5 Å². The van der Waals surface area contributed by atoms with Gasteiger partial charge in [-0.15, -0.1) is 15.8 Å². The van der Waals surface area contributed by atoms with E-state index in [1.807, 2.05) is 30.3 Å². The van der Waals surface area contributed by atoms with E-state index in [-0.39, 0.29) is 0 Å². The zero-order valence-electron chi connectivity index (χ0n) is 19.4. The molecule has 32 heavy (non-hydrogen) atoms.